The second-order valence-corrected chi connectivity index (χ2v) is 9.81. The number of hydrogen-bond donors (Lipinski definition) is 2. The summed E-state index contributed by atoms with van der Waals surface area (Å²) in [4.78, 5) is 19.8. The summed E-state index contributed by atoms with van der Waals surface area (Å²) < 4.78 is 22.3. The van der Waals surface area contributed by atoms with Crippen molar-refractivity contribution in [2.75, 3.05) is 26.2 Å². The van der Waals surface area contributed by atoms with E-state index in [0.29, 0.717) is 51.6 Å². The lowest BCUT2D eigenvalue weighted by atomic mass is 10.1. The van der Waals surface area contributed by atoms with Gasteiger partial charge < -0.3 is 9.72 Å². The molecule has 0 unspecified atom stereocenters. The molecule has 6 aromatic rings. The van der Waals surface area contributed by atoms with Crippen LogP contribution in [-0.2, 0) is 7.05 Å². The number of H-pyrrole nitrogens is 2. The van der Waals surface area contributed by atoms with Gasteiger partial charge in [0.05, 0.1) is 34.6 Å². The highest BCUT2D eigenvalue weighted by atomic mass is 19.1. The Morgan fingerprint density at radius 1 is 0.974 bits per heavy atom. The van der Waals surface area contributed by atoms with Crippen molar-refractivity contribution >= 4 is 22.1 Å². The Bertz CT molecular complexity index is 1800. The minimum Gasteiger partial charge on any atom is -0.492 e. The van der Waals surface area contributed by atoms with E-state index < -0.39 is 0 Å². The zero-order valence-electron chi connectivity index (χ0n) is 21.4. The fraction of sp³-hybridized carbons (Fsp3) is 0.250. The van der Waals surface area contributed by atoms with Gasteiger partial charge in [-0.3, -0.25) is 19.7 Å². The number of pyridine rings is 2. The van der Waals surface area contributed by atoms with Crippen molar-refractivity contribution in [2.24, 2.45) is 7.05 Å². The fourth-order valence-corrected chi connectivity index (χ4v) is 5.14. The number of aromatic nitrogens is 8. The van der Waals surface area contributed by atoms with Crippen LogP contribution >= 0.6 is 0 Å². The van der Waals surface area contributed by atoms with Crippen molar-refractivity contribution < 1.29 is 9.13 Å². The van der Waals surface area contributed by atoms with Crippen LogP contribution in [0.4, 0.5) is 4.39 Å². The summed E-state index contributed by atoms with van der Waals surface area (Å²) in [7, 11) is 1.87. The largest absolute Gasteiger partial charge is 0.492 e. The van der Waals surface area contributed by atoms with Gasteiger partial charge in [0.1, 0.15) is 23.7 Å². The third-order valence-electron chi connectivity index (χ3n) is 7.08. The molecule has 1 aliphatic heterocycles. The summed E-state index contributed by atoms with van der Waals surface area (Å²) in [6, 6.07) is 8.59. The van der Waals surface area contributed by atoms with E-state index >= 15 is 0 Å². The number of fused-ring (bicyclic) bond motifs is 2. The number of aryl methyl sites for hydroxylation is 1. The van der Waals surface area contributed by atoms with Crippen molar-refractivity contribution in [1.82, 2.24) is 44.8 Å². The normalized spacial score (nSPS) is 14.1. The Kier molecular flexibility index (Phi) is 5.77. The monoisotopic (exact) mass is 523 g/mol. The number of benzene rings is 1. The van der Waals surface area contributed by atoms with Gasteiger partial charge in [0.15, 0.2) is 11.5 Å². The lowest BCUT2D eigenvalue weighted by Gasteiger charge is -2.15. The topological polar surface area (TPSA) is 113 Å². The third-order valence-corrected chi connectivity index (χ3v) is 7.08. The summed E-state index contributed by atoms with van der Waals surface area (Å²) in [6.45, 7) is 3.54. The molecule has 0 spiro atoms. The summed E-state index contributed by atoms with van der Waals surface area (Å²) in [5.74, 6) is 0.657. The first kappa shape index (κ1) is 23.5. The lowest BCUT2D eigenvalue weighted by Crippen LogP contribution is -2.25. The molecular formula is C28H26FN9O. The molecule has 11 heteroatoms. The highest BCUT2D eigenvalue weighted by Crippen LogP contribution is 2.33. The van der Waals surface area contributed by atoms with Crippen LogP contribution in [0.25, 0.3) is 56.0 Å². The first-order valence-electron chi connectivity index (χ1n) is 12.9. The second-order valence-electron chi connectivity index (χ2n) is 9.81. The van der Waals surface area contributed by atoms with E-state index in [1.54, 1.807) is 23.3 Å². The molecule has 2 N–H and O–H groups in total. The summed E-state index contributed by atoms with van der Waals surface area (Å²) in [5.41, 5.74) is 6.47. The van der Waals surface area contributed by atoms with Gasteiger partial charge in [-0.05, 0) is 55.8 Å². The van der Waals surface area contributed by atoms with Gasteiger partial charge >= 0.3 is 0 Å². The second kappa shape index (κ2) is 9.59. The van der Waals surface area contributed by atoms with Crippen molar-refractivity contribution in [3.63, 3.8) is 0 Å². The lowest BCUT2D eigenvalue weighted by molar-refractivity contribution is 0.237. The molecule has 0 radical (unpaired) electrons. The number of hydrogen-bond acceptors (Lipinski definition) is 7. The maximum absolute atomic E-state index is 14.7. The number of ether oxygens (including phenoxy) is 1. The van der Waals surface area contributed by atoms with Crippen LogP contribution in [-0.4, -0.2) is 71.1 Å². The molecule has 0 atom stereocenters. The number of halogens is 1. The van der Waals surface area contributed by atoms with E-state index in [0.717, 1.165) is 36.4 Å². The SMILES string of the molecule is Cn1cc(-c2ccc3[nH]nc(-c4nc5c(-c6cc(F)cc(OCCN7CCCC7)c6)cncc5[nH]4)c3n2)cn1. The Morgan fingerprint density at radius 3 is 2.72 bits per heavy atom. The van der Waals surface area contributed by atoms with Gasteiger partial charge in [-0.15, -0.1) is 0 Å². The molecule has 0 bridgehead atoms. The molecular weight excluding hydrogens is 497 g/mol. The van der Waals surface area contributed by atoms with E-state index in [4.69, 9.17) is 14.7 Å². The predicted molar refractivity (Wildman–Crippen MR) is 146 cm³/mol. The standard InChI is InChI=1S/C28H26FN9O/c1-37-16-18(13-31-37)22-4-5-23-26(32-22)27(36-35-23)28-33-24-15-30-14-21(25(24)34-28)17-10-19(29)12-20(11-17)39-9-8-38-6-2-3-7-38/h4-5,10-16H,2-3,6-9H2,1H3,(H,33,34)(H,35,36). The first-order chi connectivity index (χ1) is 19.1. The Hall–Kier alpha value is -4.64. The zero-order chi connectivity index (χ0) is 26.3. The van der Waals surface area contributed by atoms with Gasteiger partial charge in [-0.25, -0.2) is 14.4 Å². The van der Waals surface area contributed by atoms with Crippen LogP contribution in [0.3, 0.4) is 0 Å². The maximum Gasteiger partial charge on any atom is 0.161 e. The van der Waals surface area contributed by atoms with Gasteiger partial charge in [-0.1, -0.05) is 0 Å². The number of nitrogens with zero attached hydrogens (tertiary/aromatic N) is 7. The molecule has 196 valence electrons. The Morgan fingerprint density at radius 2 is 1.87 bits per heavy atom. The van der Waals surface area contributed by atoms with Gasteiger partial charge in [0, 0.05) is 43.2 Å². The molecule has 1 fully saturated rings. The van der Waals surface area contributed by atoms with Crippen LogP contribution in [0.5, 0.6) is 5.75 Å². The Labute approximate surface area is 222 Å². The first-order valence-corrected chi connectivity index (χ1v) is 12.9. The van der Waals surface area contributed by atoms with Crippen molar-refractivity contribution in [3.05, 3.63) is 60.9 Å². The average Bonchev–Trinajstić information content (AvgIpc) is 3.74. The summed E-state index contributed by atoms with van der Waals surface area (Å²) in [5, 5.41) is 11.8. The van der Waals surface area contributed by atoms with E-state index in [2.05, 4.69) is 30.2 Å². The highest BCUT2D eigenvalue weighted by Gasteiger charge is 2.18. The van der Waals surface area contributed by atoms with Crippen LogP contribution in [0, 0.1) is 5.82 Å². The fourth-order valence-electron chi connectivity index (χ4n) is 5.14. The van der Waals surface area contributed by atoms with E-state index in [1.165, 1.54) is 25.0 Å². The number of aromatic amines is 2. The summed E-state index contributed by atoms with van der Waals surface area (Å²) in [6.07, 6.45) is 9.53. The van der Waals surface area contributed by atoms with Crippen molar-refractivity contribution in [1.29, 1.82) is 0 Å². The molecule has 6 heterocycles. The third kappa shape index (κ3) is 4.50. The molecule has 1 aromatic carbocycles. The molecule has 0 amide bonds. The van der Waals surface area contributed by atoms with E-state index in [-0.39, 0.29) is 5.82 Å². The van der Waals surface area contributed by atoms with Crippen LogP contribution in [0.2, 0.25) is 0 Å². The predicted octanol–water partition coefficient (Wildman–Crippen LogP) is 4.58. The minimum absolute atomic E-state index is 0.373. The number of rotatable bonds is 7. The number of likely N-dealkylation sites (tertiary alicyclic amines) is 1. The van der Waals surface area contributed by atoms with Crippen LogP contribution < -0.4 is 4.74 Å². The minimum atomic E-state index is -0.373. The average molecular weight is 524 g/mol. The number of nitrogens with one attached hydrogen (secondary N) is 2. The van der Waals surface area contributed by atoms with Crippen LogP contribution in [0.1, 0.15) is 12.8 Å². The molecule has 0 aliphatic carbocycles. The molecule has 1 aliphatic rings. The van der Waals surface area contributed by atoms with E-state index in [1.807, 2.05) is 31.4 Å². The van der Waals surface area contributed by atoms with Gasteiger partial charge in [-0.2, -0.15) is 10.2 Å². The molecule has 1 saturated heterocycles. The Balaban J connectivity index is 1.23. The molecule has 39 heavy (non-hydrogen) atoms. The number of imidazole rings is 1. The van der Waals surface area contributed by atoms with Gasteiger partial charge in [0.2, 0.25) is 0 Å². The summed E-state index contributed by atoms with van der Waals surface area (Å²) >= 11 is 0. The maximum atomic E-state index is 14.7. The highest BCUT2D eigenvalue weighted by molar-refractivity contribution is 5.95. The smallest absolute Gasteiger partial charge is 0.161 e. The van der Waals surface area contributed by atoms with Crippen LogP contribution in [0.15, 0.2) is 55.1 Å². The van der Waals surface area contributed by atoms with Crippen molar-refractivity contribution in [3.8, 4) is 39.7 Å². The zero-order valence-corrected chi connectivity index (χ0v) is 21.4. The quantitative estimate of drug-likeness (QED) is 0.315. The molecule has 0 saturated carbocycles. The molecule has 10 nitrogen and oxygen atoms in total. The van der Waals surface area contributed by atoms with Gasteiger partial charge in [0.25, 0.3) is 0 Å². The van der Waals surface area contributed by atoms with Crippen molar-refractivity contribution in [2.45, 2.75) is 12.8 Å². The molecule has 5 aromatic heterocycles. The van der Waals surface area contributed by atoms with E-state index in [9.17, 15) is 4.39 Å². The molecule has 7 rings (SSSR count).